The maximum absolute atomic E-state index is 12.8. The summed E-state index contributed by atoms with van der Waals surface area (Å²) in [5.41, 5.74) is 1.12. The molecule has 174 valence electrons. The summed E-state index contributed by atoms with van der Waals surface area (Å²) in [6.45, 7) is 1.07. The van der Waals surface area contributed by atoms with E-state index in [1.54, 1.807) is 12.1 Å². The second kappa shape index (κ2) is 11.1. The first-order chi connectivity index (χ1) is 15.8. The first kappa shape index (κ1) is 24.5. The lowest BCUT2D eigenvalue weighted by Crippen LogP contribution is -2.33. The first-order valence-electron chi connectivity index (χ1n) is 10.4. The Morgan fingerprint density at radius 3 is 2.18 bits per heavy atom. The third-order valence-electron chi connectivity index (χ3n) is 5.08. The number of rotatable bonds is 6. The molecule has 2 N–H and O–H groups in total. The second-order valence-corrected chi connectivity index (χ2v) is 9.81. The molecular formula is C22H24N4O5S2. The molecule has 9 nitrogen and oxygen atoms in total. The van der Waals surface area contributed by atoms with Crippen LogP contribution in [0.4, 0.5) is 11.4 Å². The van der Waals surface area contributed by atoms with Gasteiger partial charge in [-0.05, 0) is 73.1 Å². The molecule has 0 unspecified atom stereocenters. The number of nitrogens with one attached hydrogen (secondary N) is 2. The van der Waals surface area contributed by atoms with Gasteiger partial charge < -0.3 is 5.32 Å². The first-order valence-corrected chi connectivity index (χ1v) is 12.3. The zero-order valence-corrected chi connectivity index (χ0v) is 19.4. The molecule has 1 fully saturated rings. The van der Waals surface area contributed by atoms with E-state index in [4.69, 9.17) is 12.2 Å². The number of non-ortho nitro benzene ring substituents is 1. The molecule has 2 aromatic carbocycles. The lowest BCUT2D eigenvalue weighted by atomic mass is 10.2. The van der Waals surface area contributed by atoms with Gasteiger partial charge in [0, 0.05) is 37.0 Å². The van der Waals surface area contributed by atoms with E-state index < -0.39 is 20.9 Å². The van der Waals surface area contributed by atoms with E-state index in [2.05, 4.69) is 10.6 Å². The quantitative estimate of drug-likeness (QED) is 0.275. The van der Waals surface area contributed by atoms with Gasteiger partial charge in [0.25, 0.3) is 5.69 Å². The minimum Gasteiger partial charge on any atom is -0.332 e. The van der Waals surface area contributed by atoms with Gasteiger partial charge in [-0.25, -0.2) is 8.42 Å². The van der Waals surface area contributed by atoms with E-state index in [-0.39, 0.29) is 15.7 Å². The average Bonchev–Trinajstić information content (AvgIpc) is 3.08. The van der Waals surface area contributed by atoms with Crippen molar-refractivity contribution >= 4 is 50.7 Å². The van der Waals surface area contributed by atoms with Crippen LogP contribution in [0.3, 0.4) is 0 Å². The molecule has 0 aliphatic carbocycles. The van der Waals surface area contributed by atoms with Crippen LogP contribution < -0.4 is 10.6 Å². The minimum atomic E-state index is -3.53. The summed E-state index contributed by atoms with van der Waals surface area (Å²) in [6.07, 6.45) is 6.58. The standard InChI is InChI=1S/C22H24N4O5S2/c27-21(14-7-17-5-10-19(11-6-17)26(28)29)24-22(32)23-18-8-12-20(13-9-18)33(30,31)25-15-3-1-2-4-16-25/h5-14H,1-4,15-16H2,(H2,23,24,27,32)/b14-7+. The number of carbonyl (C=O) groups excluding carboxylic acids is 1. The number of carbonyl (C=O) groups is 1. The third-order valence-corrected chi connectivity index (χ3v) is 7.20. The SMILES string of the molecule is O=C(/C=C/c1ccc([N+](=O)[O-])cc1)NC(=S)Nc1ccc(S(=O)(=O)N2CCCCCC2)cc1. The van der Waals surface area contributed by atoms with E-state index >= 15 is 0 Å². The van der Waals surface area contributed by atoms with Gasteiger partial charge in [0.15, 0.2) is 5.11 Å². The lowest BCUT2D eigenvalue weighted by molar-refractivity contribution is -0.384. The van der Waals surface area contributed by atoms with E-state index in [1.165, 1.54) is 52.9 Å². The van der Waals surface area contributed by atoms with Gasteiger partial charge in [-0.2, -0.15) is 4.31 Å². The van der Waals surface area contributed by atoms with Crippen molar-refractivity contribution in [2.75, 3.05) is 18.4 Å². The molecule has 33 heavy (non-hydrogen) atoms. The van der Waals surface area contributed by atoms with Gasteiger partial charge >= 0.3 is 0 Å². The van der Waals surface area contributed by atoms with E-state index in [0.717, 1.165) is 25.7 Å². The van der Waals surface area contributed by atoms with Crippen LogP contribution in [0, 0.1) is 10.1 Å². The number of hydrogen-bond acceptors (Lipinski definition) is 6. The highest BCUT2D eigenvalue weighted by atomic mass is 32.2. The number of nitrogens with zero attached hydrogens (tertiary/aromatic N) is 2. The van der Waals surface area contributed by atoms with Gasteiger partial charge in [0.2, 0.25) is 15.9 Å². The Labute approximate surface area is 197 Å². The summed E-state index contributed by atoms with van der Waals surface area (Å²) in [4.78, 5) is 22.5. The highest BCUT2D eigenvalue weighted by molar-refractivity contribution is 7.89. The maximum Gasteiger partial charge on any atom is 0.269 e. The summed E-state index contributed by atoms with van der Waals surface area (Å²) in [5, 5.41) is 16.1. The number of thiocarbonyl (C=S) groups is 1. The summed E-state index contributed by atoms with van der Waals surface area (Å²) in [7, 11) is -3.53. The summed E-state index contributed by atoms with van der Waals surface area (Å²) >= 11 is 5.13. The Kier molecular flexibility index (Phi) is 8.26. The van der Waals surface area contributed by atoms with E-state index in [0.29, 0.717) is 24.3 Å². The average molecular weight is 489 g/mol. The molecule has 0 aromatic heterocycles. The topological polar surface area (TPSA) is 122 Å². The lowest BCUT2D eigenvalue weighted by Gasteiger charge is -2.20. The molecule has 1 amide bonds. The van der Waals surface area contributed by atoms with Crippen LogP contribution in [0.25, 0.3) is 6.08 Å². The Morgan fingerprint density at radius 2 is 1.61 bits per heavy atom. The molecule has 0 atom stereocenters. The van der Waals surface area contributed by atoms with Gasteiger partial charge in [-0.3, -0.25) is 20.2 Å². The molecule has 0 spiro atoms. The predicted octanol–water partition coefficient (Wildman–Crippen LogP) is 3.69. The number of nitro benzene ring substituents is 1. The molecule has 3 rings (SSSR count). The van der Waals surface area contributed by atoms with Crippen molar-refractivity contribution in [3.63, 3.8) is 0 Å². The van der Waals surface area contributed by atoms with Crippen LogP contribution in [-0.4, -0.2) is 41.8 Å². The number of hydrogen-bond donors (Lipinski definition) is 2. The van der Waals surface area contributed by atoms with Crippen molar-refractivity contribution in [3.05, 3.63) is 70.3 Å². The number of nitro groups is 1. The monoisotopic (exact) mass is 488 g/mol. The van der Waals surface area contributed by atoms with Gasteiger partial charge in [-0.15, -0.1) is 0 Å². The Bertz CT molecular complexity index is 1140. The summed E-state index contributed by atoms with van der Waals surface area (Å²) in [5.74, 6) is -0.480. The van der Waals surface area contributed by atoms with E-state index in [1.807, 2.05) is 0 Å². The van der Waals surface area contributed by atoms with Crippen LogP contribution in [-0.2, 0) is 14.8 Å². The fourth-order valence-corrected chi connectivity index (χ4v) is 5.07. The molecular weight excluding hydrogens is 464 g/mol. The highest BCUT2D eigenvalue weighted by Crippen LogP contribution is 2.21. The van der Waals surface area contributed by atoms with Crippen LogP contribution in [0.5, 0.6) is 0 Å². The minimum absolute atomic E-state index is 0.0350. The number of anilines is 1. The van der Waals surface area contributed by atoms with Crippen LogP contribution >= 0.6 is 12.2 Å². The van der Waals surface area contributed by atoms with Gasteiger partial charge in [0.1, 0.15) is 0 Å². The third kappa shape index (κ3) is 6.91. The van der Waals surface area contributed by atoms with Crippen molar-refractivity contribution in [2.45, 2.75) is 30.6 Å². The van der Waals surface area contributed by atoms with Crippen molar-refractivity contribution in [1.82, 2.24) is 9.62 Å². The van der Waals surface area contributed by atoms with Gasteiger partial charge in [-0.1, -0.05) is 12.8 Å². The Morgan fingerprint density at radius 1 is 1.00 bits per heavy atom. The molecule has 0 saturated carbocycles. The highest BCUT2D eigenvalue weighted by Gasteiger charge is 2.24. The molecule has 11 heteroatoms. The fraction of sp³-hybridized carbons (Fsp3) is 0.273. The number of amides is 1. The van der Waals surface area contributed by atoms with Gasteiger partial charge in [0.05, 0.1) is 9.82 Å². The van der Waals surface area contributed by atoms with Crippen LogP contribution in [0.15, 0.2) is 59.5 Å². The molecule has 1 saturated heterocycles. The summed E-state index contributed by atoms with van der Waals surface area (Å²) in [6, 6.07) is 12.0. The molecule has 1 heterocycles. The Balaban J connectivity index is 1.54. The molecule has 0 radical (unpaired) electrons. The van der Waals surface area contributed by atoms with Crippen LogP contribution in [0.2, 0.25) is 0 Å². The predicted molar refractivity (Wildman–Crippen MR) is 130 cm³/mol. The van der Waals surface area contributed by atoms with Crippen molar-refractivity contribution < 1.29 is 18.1 Å². The number of benzene rings is 2. The molecule has 2 aromatic rings. The largest absolute Gasteiger partial charge is 0.332 e. The van der Waals surface area contributed by atoms with Crippen molar-refractivity contribution in [1.29, 1.82) is 0 Å². The zero-order valence-electron chi connectivity index (χ0n) is 17.8. The van der Waals surface area contributed by atoms with Crippen molar-refractivity contribution in [3.8, 4) is 0 Å². The number of sulfonamides is 1. The van der Waals surface area contributed by atoms with Crippen LogP contribution in [0.1, 0.15) is 31.2 Å². The van der Waals surface area contributed by atoms with E-state index in [9.17, 15) is 23.3 Å². The smallest absolute Gasteiger partial charge is 0.269 e. The fourth-order valence-electron chi connectivity index (χ4n) is 3.34. The maximum atomic E-state index is 12.8. The molecule has 0 bridgehead atoms. The Hall–Kier alpha value is -3.15. The second-order valence-electron chi connectivity index (χ2n) is 7.47. The molecule has 1 aliphatic heterocycles. The molecule has 1 aliphatic rings. The zero-order chi connectivity index (χ0) is 23.8. The van der Waals surface area contributed by atoms with Crippen molar-refractivity contribution in [2.24, 2.45) is 0 Å². The summed E-state index contributed by atoms with van der Waals surface area (Å²) < 4.78 is 27.2. The normalized spacial score (nSPS) is 15.0.